The Kier molecular flexibility index (Phi) is 10.1. The number of anilines is 2. The normalized spacial score (nSPS) is 15.3. The molecule has 0 N–H and O–H groups in total. The van der Waals surface area contributed by atoms with Crippen molar-refractivity contribution in [3.05, 3.63) is 132 Å². The molecule has 0 amide bonds. The quantitative estimate of drug-likeness (QED) is 0.161. The van der Waals surface area contributed by atoms with E-state index in [9.17, 15) is 16.8 Å². The van der Waals surface area contributed by atoms with Gasteiger partial charge < -0.3 is 18.9 Å². The van der Waals surface area contributed by atoms with Crippen molar-refractivity contribution < 1.29 is 35.8 Å². The van der Waals surface area contributed by atoms with Gasteiger partial charge in [0, 0.05) is 48.5 Å². The van der Waals surface area contributed by atoms with Crippen LogP contribution in [0.1, 0.15) is 11.1 Å². The van der Waals surface area contributed by atoms with E-state index in [0.717, 1.165) is 10.8 Å². The van der Waals surface area contributed by atoms with Gasteiger partial charge in [-0.05, 0) is 72.8 Å². The molecule has 276 valence electrons. The third-order valence-electron chi connectivity index (χ3n) is 8.88. The van der Waals surface area contributed by atoms with Crippen LogP contribution in [-0.2, 0) is 29.5 Å². The van der Waals surface area contributed by atoms with Crippen molar-refractivity contribution in [2.75, 3.05) is 50.3 Å². The molecule has 8 rings (SSSR count). The first kappa shape index (κ1) is 36.6. The lowest BCUT2D eigenvalue weighted by atomic mass is 10.1. The van der Waals surface area contributed by atoms with E-state index in [-0.39, 0.29) is 23.0 Å². The van der Waals surface area contributed by atoms with E-state index in [1.165, 1.54) is 22.8 Å². The van der Waals surface area contributed by atoms with Gasteiger partial charge in [-0.3, -0.25) is 9.97 Å². The van der Waals surface area contributed by atoms with Crippen LogP contribution < -0.4 is 18.1 Å². The van der Waals surface area contributed by atoms with Crippen LogP contribution >= 0.6 is 0 Å². The number of benzene rings is 4. The molecule has 0 unspecified atom stereocenters. The molecule has 0 spiro atoms. The molecule has 0 saturated heterocycles. The van der Waals surface area contributed by atoms with Crippen molar-refractivity contribution in [2.45, 2.75) is 9.79 Å². The lowest BCUT2D eigenvalue weighted by Gasteiger charge is -2.31. The molecule has 6 aromatic rings. The van der Waals surface area contributed by atoms with E-state index in [0.29, 0.717) is 56.4 Å². The lowest BCUT2D eigenvalue weighted by Crippen LogP contribution is -2.35. The van der Waals surface area contributed by atoms with Crippen LogP contribution in [0.5, 0.6) is 11.5 Å². The van der Waals surface area contributed by atoms with Crippen molar-refractivity contribution in [3.63, 3.8) is 0 Å². The zero-order valence-electron chi connectivity index (χ0n) is 29.8. The van der Waals surface area contributed by atoms with Gasteiger partial charge in [0.25, 0.3) is 20.0 Å². The monoisotopic (exact) mass is 764 g/mol. The van der Waals surface area contributed by atoms with Gasteiger partial charge in [0.15, 0.2) is 0 Å². The highest BCUT2D eigenvalue weighted by Gasteiger charge is 2.36. The minimum absolute atomic E-state index is 0.138. The van der Waals surface area contributed by atoms with Crippen LogP contribution in [0.25, 0.3) is 34.0 Å². The van der Waals surface area contributed by atoms with Crippen LogP contribution in [0, 0.1) is 0 Å². The predicted molar refractivity (Wildman–Crippen MR) is 209 cm³/mol. The summed E-state index contributed by atoms with van der Waals surface area (Å²) in [5.41, 5.74) is 4.39. The molecule has 2 aliphatic rings. The Morgan fingerprint density at radius 1 is 0.537 bits per heavy atom. The summed E-state index contributed by atoms with van der Waals surface area (Å²) >= 11 is 0. The molecule has 4 heterocycles. The van der Waals surface area contributed by atoms with Gasteiger partial charge >= 0.3 is 0 Å². The van der Waals surface area contributed by atoms with Crippen LogP contribution in [0.4, 0.5) is 11.4 Å². The van der Waals surface area contributed by atoms with Gasteiger partial charge in [-0.15, -0.1) is 0 Å². The molecule has 0 saturated carbocycles. The number of hydrogen-bond acceptors (Lipinski definition) is 10. The van der Waals surface area contributed by atoms with E-state index >= 15 is 0 Å². The van der Waals surface area contributed by atoms with E-state index in [2.05, 4.69) is 9.97 Å². The van der Waals surface area contributed by atoms with Crippen molar-refractivity contribution in [2.24, 2.45) is 0 Å². The minimum atomic E-state index is -3.83. The molecule has 0 aliphatic carbocycles. The Morgan fingerprint density at radius 3 is 1.33 bits per heavy atom. The average Bonchev–Trinajstić information content (AvgIpc) is 3.17. The largest absolute Gasteiger partial charge is 0.497 e. The fourth-order valence-corrected chi connectivity index (χ4v) is 9.90. The van der Waals surface area contributed by atoms with Crippen LogP contribution in [0.3, 0.4) is 0 Å². The van der Waals surface area contributed by atoms with Crippen LogP contribution in [0.2, 0.25) is 0 Å². The Labute approximate surface area is 313 Å². The summed E-state index contributed by atoms with van der Waals surface area (Å²) in [6.45, 7) is 0.276. The second-order valence-electron chi connectivity index (χ2n) is 12.2. The summed E-state index contributed by atoms with van der Waals surface area (Å²) in [6.07, 6.45) is 6.93. The van der Waals surface area contributed by atoms with Gasteiger partial charge in [0.2, 0.25) is 0 Å². The molecule has 54 heavy (non-hydrogen) atoms. The van der Waals surface area contributed by atoms with Gasteiger partial charge in [-0.2, -0.15) is 0 Å². The maximum atomic E-state index is 13.5. The van der Waals surface area contributed by atoms with Crippen molar-refractivity contribution in [3.8, 4) is 11.5 Å². The molecule has 4 aromatic carbocycles. The summed E-state index contributed by atoms with van der Waals surface area (Å²) < 4.78 is 77.7. The van der Waals surface area contributed by atoms with Gasteiger partial charge in [-0.25, -0.2) is 25.4 Å². The number of pyridine rings is 2. The van der Waals surface area contributed by atoms with Gasteiger partial charge in [-0.1, -0.05) is 36.4 Å². The summed E-state index contributed by atoms with van der Waals surface area (Å²) in [7, 11) is -1.50. The van der Waals surface area contributed by atoms with E-state index < -0.39 is 20.0 Å². The van der Waals surface area contributed by atoms with E-state index in [1.54, 1.807) is 75.1 Å². The van der Waals surface area contributed by atoms with Gasteiger partial charge in [0.05, 0.1) is 71.0 Å². The summed E-state index contributed by atoms with van der Waals surface area (Å²) in [4.78, 5) is 9.25. The first-order valence-corrected chi connectivity index (χ1v) is 19.5. The Balaban J connectivity index is 0.000000167. The summed E-state index contributed by atoms with van der Waals surface area (Å²) in [5, 5.41) is 1.73. The van der Waals surface area contributed by atoms with Crippen LogP contribution in [-0.4, -0.2) is 68.5 Å². The number of rotatable bonds is 8. The van der Waals surface area contributed by atoms with Crippen LogP contribution in [0.15, 0.2) is 131 Å². The third-order valence-corrected chi connectivity index (χ3v) is 12.6. The van der Waals surface area contributed by atoms with E-state index in [1.807, 2.05) is 60.7 Å². The molecular weight excluding hydrogens is 729 g/mol. The Bertz CT molecular complexity index is 2490. The molecular formula is C40H36N4O8S2. The molecule has 12 nitrogen and oxygen atoms in total. The first-order valence-electron chi connectivity index (χ1n) is 16.7. The highest BCUT2D eigenvalue weighted by molar-refractivity contribution is 7.93. The molecule has 0 fully saturated rings. The van der Waals surface area contributed by atoms with Gasteiger partial charge in [0.1, 0.15) is 11.5 Å². The fourth-order valence-electron chi connectivity index (χ4n) is 6.55. The second-order valence-corrected chi connectivity index (χ2v) is 15.7. The van der Waals surface area contributed by atoms with E-state index in [4.69, 9.17) is 18.9 Å². The number of hydrogen-bond donors (Lipinski definition) is 0. The average molecular weight is 765 g/mol. The molecule has 0 bridgehead atoms. The summed E-state index contributed by atoms with van der Waals surface area (Å²) in [5.74, 6) is 1.19. The number of sulfonamides is 2. The SMILES string of the molecule is COCC1=Cc2cc(OC)ccc2S(=O)(=O)N1c1cccc2cccnc12.COCC1=Cc2cc(OC)ccc2S(=O)(=O)N1c1cccc2cccnc12. The predicted octanol–water partition coefficient (Wildman–Crippen LogP) is 6.88. The zero-order valence-corrected chi connectivity index (χ0v) is 31.5. The molecule has 0 radical (unpaired) electrons. The number of fused-ring (bicyclic) bond motifs is 4. The minimum Gasteiger partial charge on any atom is -0.497 e. The highest BCUT2D eigenvalue weighted by atomic mass is 32.2. The second kappa shape index (κ2) is 14.9. The number of nitrogens with zero attached hydrogens (tertiary/aromatic N) is 4. The lowest BCUT2D eigenvalue weighted by molar-refractivity contribution is 0.225. The smallest absolute Gasteiger partial charge is 0.269 e. The number of para-hydroxylation sites is 2. The molecule has 14 heteroatoms. The molecule has 2 aromatic heterocycles. The number of methoxy groups -OCH3 is 4. The Hall–Kier alpha value is -5.80. The Morgan fingerprint density at radius 2 is 0.944 bits per heavy atom. The zero-order chi connectivity index (χ0) is 38.0. The maximum absolute atomic E-state index is 13.5. The fraction of sp³-hybridized carbons (Fsp3) is 0.150. The standard InChI is InChI=1S/2C20H18N2O4S/c2*1-25-13-16-11-15-12-17(26-2)8-9-19(15)27(23,24)22(16)18-7-3-5-14-6-4-10-21-20(14)18/h2*3-12H,13H2,1-2H3. The highest BCUT2D eigenvalue weighted by Crippen LogP contribution is 2.41. The first-order chi connectivity index (χ1) is 26.1. The summed E-state index contributed by atoms with van der Waals surface area (Å²) in [6, 6.07) is 28.3. The molecule has 0 atom stereocenters. The maximum Gasteiger partial charge on any atom is 0.269 e. The van der Waals surface area contributed by atoms with Crippen molar-refractivity contribution >= 4 is 65.4 Å². The number of ether oxygens (including phenoxy) is 4. The third kappa shape index (κ3) is 6.53. The topological polar surface area (TPSA) is 137 Å². The number of aromatic nitrogens is 2. The van der Waals surface area contributed by atoms with Crippen molar-refractivity contribution in [1.82, 2.24) is 9.97 Å². The molecule has 2 aliphatic heterocycles. The van der Waals surface area contributed by atoms with Crippen molar-refractivity contribution in [1.29, 1.82) is 0 Å².